The number of phenolic OH excluding ortho intramolecular Hbond substituents is 1. The quantitative estimate of drug-likeness (QED) is 0.658. The predicted molar refractivity (Wildman–Crippen MR) is 136 cm³/mol. The fourth-order valence-corrected chi connectivity index (χ4v) is 4.89. The number of benzene rings is 2. The van der Waals surface area contributed by atoms with Crippen LogP contribution in [0.25, 0.3) is 0 Å². The predicted octanol–water partition coefficient (Wildman–Crippen LogP) is 4.67. The Morgan fingerprint density at radius 2 is 2.00 bits per heavy atom. The minimum Gasteiger partial charge on any atom is -0.507 e. The van der Waals surface area contributed by atoms with Crippen LogP contribution in [-0.4, -0.2) is 52.8 Å². The van der Waals surface area contributed by atoms with Gasteiger partial charge in [-0.2, -0.15) is 0 Å². The second kappa shape index (κ2) is 9.36. The molecule has 0 aliphatic carbocycles. The summed E-state index contributed by atoms with van der Waals surface area (Å²) in [4.78, 5) is 24.8. The van der Waals surface area contributed by atoms with Crippen molar-refractivity contribution in [3.8, 4) is 11.5 Å². The maximum Gasteiger partial charge on any atom is 0.258 e. The highest BCUT2D eigenvalue weighted by atomic mass is 16.5. The first-order chi connectivity index (χ1) is 16.8. The number of hydrogen-bond donors (Lipinski definition) is 1. The van der Waals surface area contributed by atoms with Crippen molar-refractivity contribution >= 4 is 17.5 Å². The van der Waals surface area contributed by atoms with Crippen molar-refractivity contribution in [2.45, 2.75) is 65.1 Å². The molecule has 2 aromatic rings. The van der Waals surface area contributed by atoms with E-state index in [-0.39, 0.29) is 17.2 Å². The Kier molecular flexibility index (Phi) is 6.26. The topological polar surface area (TPSA) is 83.7 Å². The van der Waals surface area contributed by atoms with Crippen molar-refractivity contribution in [3.05, 3.63) is 58.1 Å². The number of ether oxygens (including phenoxy) is 2. The molecular formula is C28H33N3O4. The van der Waals surface area contributed by atoms with Gasteiger partial charge in [-0.15, -0.1) is 0 Å². The highest BCUT2D eigenvalue weighted by molar-refractivity contribution is 6.13. The van der Waals surface area contributed by atoms with E-state index in [1.54, 1.807) is 11.0 Å². The van der Waals surface area contributed by atoms with Gasteiger partial charge in [0.05, 0.1) is 29.8 Å². The number of fused-ring (bicyclic) bond motifs is 2. The van der Waals surface area contributed by atoms with Crippen LogP contribution in [-0.2, 0) is 24.2 Å². The highest BCUT2D eigenvalue weighted by Crippen LogP contribution is 2.32. The molecule has 0 radical (unpaired) electrons. The van der Waals surface area contributed by atoms with Gasteiger partial charge in [0, 0.05) is 25.2 Å². The van der Waals surface area contributed by atoms with Crippen LogP contribution in [0.3, 0.4) is 0 Å². The van der Waals surface area contributed by atoms with Crippen LogP contribution in [0.4, 0.5) is 0 Å². The zero-order chi connectivity index (χ0) is 24.6. The Hall–Kier alpha value is -3.35. The Labute approximate surface area is 206 Å². The largest absolute Gasteiger partial charge is 0.507 e. The van der Waals surface area contributed by atoms with Crippen LogP contribution < -0.4 is 4.74 Å². The summed E-state index contributed by atoms with van der Waals surface area (Å²) in [5.41, 5.74) is 5.06. The lowest BCUT2D eigenvalue weighted by Gasteiger charge is -2.18. The SMILES string of the molecule is CCCOc1ccc2c(c1)CN(C(=O)c1cc3c(cc1O)CCCN=C3CC1=NC(C)(C)CO1)C2. The Morgan fingerprint density at radius 1 is 1.17 bits per heavy atom. The van der Waals surface area contributed by atoms with Crippen LogP contribution in [0.15, 0.2) is 40.3 Å². The standard InChI is InChI=1S/C28H33N3O4/c1-4-10-34-21-8-7-19-15-31(16-20(19)11-21)27(33)23-13-22-18(12-25(23)32)6-5-9-29-24(22)14-26-30-28(2,3)17-35-26/h7-8,11-13,32H,4-6,9-10,14-17H2,1-3H3. The number of aromatic hydroxyl groups is 1. The van der Waals surface area contributed by atoms with Gasteiger partial charge < -0.3 is 19.5 Å². The molecule has 0 atom stereocenters. The van der Waals surface area contributed by atoms with E-state index in [0.29, 0.717) is 50.7 Å². The van der Waals surface area contributed by atoms with Crippen LogP contribution >= 0.6 is 0 Å². The lowest BCUT2D eigenvalue weighted by molar-refractivity contribution is 0.0748. The molecule has 1 amide bonds. The molecule has 3 aliphatic heterocycles. The highest BCUT2D eigenvalue weighted by Gasteiger charge is 2.30. The minimum atomic E-state index is -0.230. The molecule has 7 nitrogen and oxygen atoms in total. The summed E-state index contributed by atoms with van der Waals surface area (Å²) in [5.74, 6) is 1.35. The number of hydrogen-bond acceptors (Lipinski definition) is 6. The molecule has 35 heavy (non-hydrogen) atoms. The van der Waals surface area contributed by atoms with Crippen molar-refractivity contribution in [2.24, 2.45) is 9.98 Å². The van der Waals surface area contributed by atoms with E-state index in [4.69, 9.17) is 14.5 Å². The van der Waals surface area contributed by atoms with Crippen molar-refractivity contribution < 1.29 is 19.4 Å². The van der Waals surface area contributed by atoms with Gasteiger partial charge in [-0.3, -0.25) is 9.79 Å². The van der Waals surface area contributed by atoms with Gasteiger partial charge in [0.25, 0.3) is 5.91 Å². The van der Waals surface area contributed by atoms with E-state index in [0.717, 1.165) is 53.0 Å². The zero-order valence-corrected chi connectivity index (χ0v) is 20.8. The molecule has 5 rings (SSSR count). The summed E-state index contributed by atoms with van der Waals surface area (Å²) in [6.45, 7) is 9.11. The second-order valence-electron chi connectivity index (χ2n) is 10.2. The molecule has 0 fully saturated rings. The molecular weight excluding hydrogens is 442 g/mol. The molecule has 0 unspecified atom stereocenters. The van der Waals surface area contributed by atoms with Gasteiger partial charge in [0.2, 0.25) is 0 Å². The molecule has 0 spiro atoms. The molecule has 3 heterocycles. The van der Waals surface area contributed by atoms with Crippen LogP contribution in [0, 0.1) is 0 Å². The van der Waals surface area contributed by atoms with Gasteiger partial charge >= 0.3 is 0 Å². The average molecular weight is 476 g/mol. The maximum atomic E-state index is 13.5. The van der Waals surface area contributed by atoms with E-state index >= 15 is 0 Å². The number of aryl methyl sites for hydroxylation is 1. The van der Waals surface area contributed by atoms with Gasteiger partial charge in [-0.1, -0.05) is 13.0 Å². The molecule has 184 valence electrons. The fourth-order valence-electron chi connectivity index (χ4n) is 4.89. The van der Waals surface area contributed by atoms with E-state index in [1.165, 1.54) is 0 Å². The van der Waals surface area contributed by atoms with Crippen LogP contribution in [0.1, 0.15) is 72.6 Å². The first-order valence-corrected chi connectivity index (χ1v) is 12.5. The van der Waals surface area contributed by atoms with Crippen molar-refractivity contribution in [1.29, 1.82) is 0 Å². The van der Waals surface area contributed by atoms with E-state index < -0.39 is 0 Å². The number of nitrogens with zero attached hydrogens (tertiary/aromatic N) is 3. The molecule has 2 aromatic carbocycles. The third kappa shape index (κ3) is 4.90. The van der Waals surface area contributed by atoms with Gasteiger partial charge in [0.15, 0.2) is 5.90 Å². The monoisotopic (exact) mass is 475 g/mol. The number of carbonyl (C=O) groups is 1. The van der Waals surface area contributed by atoms with Crippen LogP contribution in [0.5, 0.6) is 11.5 Å². The van der Waals surface area contributed by atoms with E-state index in [9.17, 15) is 9.90 Å². The smallest absolute Gasteiger partial charge is 0.258 e. The van der Waals surface area contributed by atoms with Crippen molar-refractivity contribution in [1.82, 2.24) is 4.90 Å². The molecule has 7 heteroatoms. The van der Waals surface area contributed by atoms with Gasteiger partial charge in [-0.25, -0.2) is 4.99 Å². The Morgan fingerprint density at radius 3 is 2.77 bits per heavy atom. The molecule has 3 aliphatic rings. The molecule has 0 saturated heterocycles. The molecule has 0 aromatic heterocycles. The third-order valence-corrected chi connectivity index (χ3v) is 6.67. The number of phenols is 1. The third-order valence-electron chi connectivity index (χ3n) is 6.67. The first-order valence-electron chi connectivity index (χ1n) is 12.5. The number of carbonyl (C=O) groups excluding carboxylic acids is 1. The summed E-state index contributed by atoms with van der Waals surface area (Å²) >= 11 is 0. The number of aliphatic imine (C=N–C) groups is 2. The summed E-state index contributed by atoms with van der Waals surface area (Å²) < 4.78 is 11.6. The summed E-state index contributed by atoms with van der Waals surface area (Å²) in [6, 6.07) is 9.56. The minimum absolute atomic E-state index is 0.0218. The van der Waals surface area contributed by atoms with Crippen LogP contribution in [0.2, 0.25) is 0 Å². The second-order valence-corrected chi connectivity index (χ2v) is 10.2. The number of amides is 1. The van der Waals surface area contributed by atoms with Gasteiger partial charge in [0.1, 0.15) is 18.1 Å². The van der Waals surface area contributed by atoms with Crippen molar-refractivity contribution in [2.75, 3.05) is 19.8 Å². The first kappa shape index (κ1) is 23.4. The van der Waals surface area contributed by atoms with E-state index in [2.05, 4.69) is 11.9 Å². The molecule has 1 N–H and O–H groups in total. The number of rotatable bonds is 6. The summed E-state index contributed by atoms with van der Waals surface area (Å²) in [6.07, 6.45) is 3.14. The molecule has 0 bridgehead atoms. The lowest BCUT2D eigenvalue weighted by Crippen LogP contribution is -2.26. The lowest BCUT2D eigenvalue weighted by atomic mass is 9.95. The maximum absolute atomic E-state index is 13.5. The Bertz CT molecular complexity index is 1210. The fraction of sp³-hybridized carbons (Fsp3) is 0.464. The van der Waals surface area contributed by atoms with E-state index in [1.807, 2.05) is 38.1 Å². The average Bonchev–Trinajstić information content (AvgIpc) is 3.35. The summed E-state index contributed by atoms with van der Waals surface area (Å²) in [5, 5.41) is 10.8. The zero-order valence-electron chi connectivity index (χ0n) is 20.8. The van der Waals surface area contributed by atoms with Crippen molar-refractivity contribution in [3.63, 3.8) is 0 Å². The normalized spacial score (nSPS) is 18.2. The summed E-state index contributed by atoms with van der Waals surface area (Å²) in [7, 11) is 0. The molecule has 0 saturated carbocycles. The van der Waals surface area contributed by atoms with Gasteiger partial charge in [-0.05, 0) is 74.1 Å². The Balaban J connectivity index is 1.40.